The second-order valence-corrected chi connectivity index (χ2v) is 9.28. The largest absolute Gasteiger partial charge is 0.490 e. The Morgan fingerprint density at radius 2 is 1.81 bits per heavy atom. The first-order valence-corrected chi connectivity index (χ1v) is 12.2. The van der Waals surface area contributed by atoms with Crippen molar-refractivity contribution in [3.05, 3.63) is 79.0 Å². The molecule has 1 fully saturated rings. The lowest BCUT2D eigenvalue weighted by molar-refractivity contribution is 0.114. The Bertz CT molecular complexity index is 1520. The van der Waals surface area contributed by atoms with Gasteiger partial charge in [-0.05, 0) is 74.8 Å². The molecule has 8 nitrogen and oxygen atoms in total. The first-order valence-electron chi connectivity index (χ1n) is 12.2. The van der Waals surface area contributed by atoms with Crippen molar-refractivity contribution >= 4 is 28.1 Å². The first kappa shape index (κ1) is 22.3. The fourth-order valence-corrected chi connectivity index (χ4v) is 4.56. The summed E-state index contributed by atoms with van der Waals surface area (Å²) in [6.07, 6.45) is 9.51. The molecule has 36 heavy (non-hydrogen) atoms. The van der Waals surface area contributed by atoms with Crippen LogP contribution in [0.25, 0.3) is 16.6 Å². The third-order valence-electron chi connectivity index (χ3n) is 6.61. The van der Waals surface area contributed by atoms with E-state index in [4.69, 9.17) is 9.47 Å². The molecule has 0 bridgehead atoms. The van der Waals surface area contributed by atoms with Crippen LogP contribution in [-0.2, 0) is 0 Å². The van der Waals surface area contributed by atoms with Gasteiger partial charge in [-0.3, -0.25) is 0 Å². The molecule has 0 unspecified atom stereocenters. The Hall–Kier alpha value is -4.17. The molecule has 0 radical (unpaired) electrons. The number of hydrogen-bond donors (Lipinski definition) is 1. The second-order valence-electron chi connectivity index (χ2n) is 9.28. The Labute approximate surface area is 209 Å². The number of anilines is 2. The molecular formula is C28H28N6O2. The van der Waals surface area contributed by atoms with Gasteiger partial charge in [-0.2, -0.15) is 0 Å². The van der Waals surface area contributed by atoms with E-state index < -0.39 is 0 Å². The molecule has 4 heterocycles. The SMILES string of the molecule is Cc1cc(Nc2ncnc3ccc(OC4CCN(C)CC4)cc23)ccc1Oc1ccn2ccnc2c1. The number of ether oxygens (including phenoxy) is 2. The highest BCUT2D eigenvalue weighted by atomic mass is 16.5. The number of fused-ring (bicyclic) bond motifs is 2. The van der Waals surface area contributed by atoms with Crippen molar-refractivity contribution in [2.24, 2.45) is 0 Å². The van der Waals surface area contributed by atoms with E-state index in [1.165, 1.54) is 0 Å². The molecule has 1 saturated heterocycles. The highest BCUT2D eigenvalue weighted by Crippen LogP contribution is 2.31. The maximum atomic E-state index is 6.30. The molecule has 8 heteroatoms. The van der Waals surface area contributed by atoms with Crippen molar-refractivity contribution in [2.45, 2.75) is 25.9 Å². The summed E-state index contributed by atoms with van der Waals surface area (Å²) in [7, 11) is 2.15. The van der Waals surface area contributed by atoms with Crippen molar-refractivity contribution < 1.29 is 9.47 Å². The van der Waals surface area contributed by atoms with Crippen LogP contribution in [0, 0.1) is 6.92 Å². The average Bonchev–Trinajstić information content (AvgIpc) is 3.35. The summed E-state index contributed by atoms with van der Waals surface area (Å²) in [4.78, 5) is 15.6. The van der Waals surface area contributed by atoms with Crippen molar-refractivity contribution in [1.29, 1.82) is 0 Å². The monoisotopic (exact) mass is 480 g/mol. The van der Waals surface area contributed by atoms with Gasteiger partial charge in [-0.1, -0.05) is 0 Å². The fraction of sp³-hybridized carbons (Fsp3) is 0.250. The lowest BCUT2D eigenvalue weighted by atomic mass is 10.1. The van der Waals surface area contributed by atoms with E-state index >= 15 is 0 Å². The van der Waals surface area contributed by atoms with E-state index in [9.17, 15) is 0 Å². The maximum Gasteiger partial charge on any atom is 0.141 e. The molecule has 1 aliphatic rings. The number of rotatable bonds is 6. The smallest absolute Gasteiger partial charge is 0.141 e. The predicted octanol–water partition coefficient (Wildman–Crippen LogP) is 5.59. The number of pyridine rings is 1. The third-order valence-corrected chi connectivity index (χ3v) is 6.61. The van der Waals surface area contributed by atoms with Gasteiger partial charge in [0.15, 0.2) is 0 Å². The Balaban J connectivity index is 1.21. The number of hydrogen-bond acceptors (Lipinski definition) is 7. The van der Waals surface area contributed by atoms with Crippen LogP contribution < -0.4 is 14.8 Å². The van der Waals surface area contributed by atoms with Crippen LogP contribution in [-0.4, -0.2) is 50.5 Å². The molecule has 0 spiro atoms. The maximum absolute atomic E-state index is 6.30. The van der Waals surface area contributed by atoms with Crippen LogP contribution in [0.5, 0.6) is 17.2 Å². The minimum absolute atomic E-state index is 0.240. The molecular weight excluding hydrogens is 452 g/mol. The number of piperidine rings is 1. The summed E-state index contributed by atoms with van der Waals surface area (Å²) in [5.74, 6) is 3.13. The zero-order valence-electron chi connectivity index (χ0n) is 20.4. The summed E-state index contributed by atoms with van der Waals surface area (Å²) in [6.45, 7) is 4.15. The van der Waals surface area contributed by atoms with E-state index in [-0.39, 0.29) is 6.10 Å². The number of nitrogens with zero attached hydrogens (tertiary/aromatic N) is 5. The molecule has 3 aromatic heterocycles. The van der Waals surface area contributed by atoms with Gasteiger partial charge in [-0.15, -0.1) is 0 Å². The highest BCUT2D eigenvalue weighted by molar-refractivity contribution is 5.91. The summed E-state index contributed by atoms with van der Waals surface area (Å²) >= 11 is 0. The Kier molecular flexibility index (Phi) is 5.87. The first-order chi connectivity index (χ1) is 17.6. The quantitative estimate of drug-likeness (QED) is 0.339. The van der Waals surface area contributed by atoms with E-state index in [1.54, 1.807) is 12.5 Å². The average molecular weight is 481 g/mol. The molecule has 5 aromatic rings. The second kappa shape index (κ2) is 9.47. The van der Waals surface area contributed by atoms with E-state index in [0.29, 0.717) is 0 Å². The lowest BCUT2D eigenvalue weighted by Gasteiger charge is -2.29. The Morgan fingerprint density at radius 3 is 2.67 bits per heavy atom. The summed E-state index contributed by atoms with van der Waals surface area (Å²) in [6, 6.07) is 15.9. The van der Waals surface area contributed by atoms with E-state index in [1.807, 2.05) is 66.2 Å². The summed E-state index contributed by atoms with van der Waals surface area (Å²) in [5, 5.41) is 4.38. The van der Waals surface area contributed by atoms with Gasteiger partial charge in [0.25, 0.3) is 0 Å². The number of nitrogens with one attached hydrogen (secondary N) is 1. The van der Waals surface area contributed by atoms with Crippen LogP contribution >= 0.6 is 0 Å². The van der Waals surface area contributed by atoms with Crippen LogP contribution in [0.3, 0.4) is 0 Å². The van der Waals surface area contributed by atoms with Crippen molar-refractivity contribution in [3.63, 3.8) is 0 Å². The molecule has 0 amide bonds. The Morgan fingerprint density at radius 1 is 0.917 bits per heavy atom. The van der Waals surface area contributed by atoms with Gasteiger partial charge in [-0.25, -0.2) is 15.0 Å². The predicted molar refractivity (Wildman–Crippen MR) is 140 cm³/mol. The lowest BCUT2D eigenvalue weighted by Crippen LogP contribution is -2.35. The standard InChI is InChI=1S/C28H28N6O2/c1-19-15-20(3-6-26(19)36-23-9-13-34-14-10-29-27(34)17-23)32-28-24-16-22(4-5-25(24)30-18-31-28)35-21-7-11-33(2)12-8-21/h3-6,9-10,13-18,21H,7-8,11-12H2,1-2H3,(H,30,31,32). The summed E-state index contributed by atoms with van der Waals surface area (Å²) in [5.41, 5.74) is 3.64. The number of likely N-dealkylation sites (tertiary alicyclic amines) is 1. The normalized spacial score (nSPS) is 14.8. The molecule has 182 valence electrons. The van der Waals surface area contributed by atoms with Gasteiger partial charge in [0.1, 0.15) is 41.1 Å². The van der Waals surface area contributed by atoms with Gasteiger partial charge >= 0.3 is 0 Å². The molecule has 6 rings (SSSR count). The van der Waals surface area contributed by atoms with E-state index in [0.717, 1.165) is 76.8 Å². The third kappa shape index (κ3) is 4.67. The van der Waals surface area contributed by atoms with Crippen molar-refractivity contribution in [1.82, 2.24) is 24.3 Å². The minimum Gasteiger partial charge on any atom is -0.490 e. The van der Waals surface area contributed by atoms with E-state index in [2.05, 4.69) is 38.3 Å². The van der Waals surface area contributed by atoms with Gasteiger partial charge in [0.2, 0.25) is 0 Å². The topological polar surface area (TPSA) is 76.8 Å². The van der Waals surface area contributed by atoms with Crippen LogP contribution in [0.2, 0.25) is 0 Å². The minimum atomic E-state index is 0.240. The molecule has 1 aliphatic heterocycles. The van der Waals surface area contributed by atoms with Crippen molar-refractivity contribution in [3.8, 4) is 17.2 Å². The van der Waals surface area contributed by atoms with Gasteiger partial charge < -0.3 is 24.1 Å². The summed E-state index contributed by atoms with van der Waals surface area (Å²) < 4.78 is 14.4. The van der Waals surface area contributed by atoms with Crippen LogP contribution in [0.4, 0.5) is 11.5 Å². The van der Waals surface area contributed by atoms with Crippen LogP contribution in [0.1, 0.15) is 18.4 Å². The highest BCUT2D eigenvalue weighted by Gasteiger charge is 2.18. The van der Waals surface area contributed by atoms with Crippen molar-refractivity contribution in [2.75, 3.05) is 25.5 Å². The van der Waals surface area contributed by atoms with Gasteiger partial charge in [0, 0.05) is 48.8 Å². The molecule has 0 atom stereocenters. The zero-order chi connectivity index (χ0) is 24.5. The number of benzene rings is 2. The zero-order valence-corrected chi connectivity index (χ0v) is 20.4. The number of aromatic nitrogens is 4. The molecule has 2 aromatic carbocycles. The fourth-order valence-electron chi connectivity index (χ4n) is 4.56. The number of imidazole rings is 1. The molecule has 1 N–H and O–H groups in total. The molecule has 0 aliphatic carbocycles. The number of aryl methyl sites for hydroxylation is 1. The van der Waals surface area contributed by atoms with Crippen LogP contribution in [0.15, 0.2) is 73.4 Å². The molecule has 0 saturated carbocycles. The van der Waals surface area contributed by atoms with Gasteiger partial charge in [0.05, 0.1) is 5.52 Å².